The summed E-state index contributed by atoms with van der Waals surface area (Å²) in [4.78, 5) is 7.14. The lowest BCUT2D eigenvalue weighted by Crippen LogP contribution is -2.48. The van der Waals surface area contributed by atoms with Crippen LogP contribution in [0.5, 0.6) is 0 Å². The third-order valence-corrected chi connectivity index (χ3v) is 4.41. The summed E-state index contributed by atoms with van der Waals surface area (Å²) >= 11 is 0. The molecule has 1 unspecified atom stereocenters. The summed E-state index contributed by atoms with van der Waals surface area (Å²) in [7, 11) is 0. The second-order valence-electron chi connectivity index (χ2n) is 5.94. The molecule has 1 aliphatic heterocycles. The van der Waals surface area contributed by atoms with E-state index in [2.05, 4.69) is 55.9 Å². The van der Waals surface area contributed by atoms with E-state index in [1.165, 1.54) is 11.3 Å². The first-order chi connectivity index (χ1) is 9.05. The van der Waals surface area contributed by atoms with Gasteiger partial charge in [0.15, 0.2) is 0 Å². The highest BCUT2D eigenvalue weighted by atomic mass is 16.5. The van der Waals surface area contributed by atoms with Crippen molar-refractivity contribution in [2.75, 3.05) is 26.3 Å². The molecule has 0 spiro atoms. The third kappa shape index (κ3) is 3.15. The molecule has 1 atom stereocenters. The minimum Gasteiger partial charge on any atom is -0.379 e. The lowest BCUT2D eigenvalue weighted by atomic mass is 9.92. The van der Waals surface area contributed by atoms with Gasteiger partial charge < -0.3 is 4.74 Å². The van der Waals surface area contributed by atoms with E-state index in [9.17, 15) is 0 Å². The Kier molecular flexibility index (Phi) is 4.58. The van der Waals surface area contributed by atoms with Gasteiger partial charge in [0.2, 0.25) is 0 Å². The van der Waals surface area contributed by atoms with Crippen molar-refractivity contribution < 1.29 is 4.74 Å². The molecule has 2 heterocycles. The van der Waals surface area contributed by atoms with Crippen LogP contribution in [-0.4, -0.2) is 36.2 Å². The minimum atomic E-state index is 0.0325. The molecule has 0 N–H and O–H groups in total. The van der Waals surface area contributed by atoms with E-state index in [4.69, 9.17) is 4.74 Å². The van der Waals surface area contributed by atoms with Crippen molar-refractivity contribution in [1.29, 1.82) is 0 Å². The zero-order valence-electron chi connectivity index (χ0n) is 12.6. The monoisotopic (exact) mass is 262 g/mol. The maximum Gasteiger partial charge on any atom is 0.0594 e. The molecule has 2 rings (SSSR count). The minimum absolute atomic E-state index is 0.0325. The molecule has 106 valence electrons. The van der Waals surface area contributed by atoms with Gasteiger partial charge in [-0.15, -0.1) is 0 Å². The fourth-order valence-corrected chi connectivity index (χ4v) is 2.57. The molecule has 3 nitrogen and oxygen atoms in total. The number of rotatable bonds is 4. The average Bonchev–Trinajstić information content (AvgIpc) is 2.47. The fourth-order valence-electron chi connectivity index (χ4n) is 2.57. The topological polar surface area (TPSA) is 25.4 Å². The van der Waals surface area contributed by atoms with E-state index in [0.29, 0.717) is 5.92 Å². The molecule has 0 saturated carbocycles. The Morgan fingerprint density at radius 1 is 1.32 bits per heavy atom. The summed E-state index contributed by atoms with van der Waals surface area (Å²) < 4.78 is 5.44. The van der Waals surface area contributed by atoms with Crippen LogP contribution < -0.4 is 0 Å². The number of nitrogens with zero attached hydrogens (tertiary/aromatic N) is 2. The number of morpholine rings is 1. The lowest BCUT2D eigenvalue weighted by Gasteiger charge is -2.41. The summed E-state index contributed by atoms with van der Waals surface area (Å²) in [6.07, 6.45) is 3.19. The van der Waals surface area contributed by atoms with Gasteiger partial charge in [-0.25, -0.2) is 0 Å². The molecule has 19 heavy (non-hydrogen) atoms. The zero-order chi connectivity index (χ0) is 13.9. The van der Waals surface area contributed by atoms with Crippen molar-refractivity contribution in [3.8, 4) is 0 Å². The quantitative estimate of drug-likeness (QED) is 0.833. The first kappa shape index (κ1) is 14.5. The maximum atomic E-state index is 5.44. The predicted molar refractivity (Wildman–Crippen MR) is 78.4 cm³/mol. The molecule has 1 saturated heterocycles. The van der Waals surface area contributed by atoms with Crippen LogP contribution in [-0.2, 0) is 10.3 Å². The van der Waals surface area contributed by atoms with E-state index in [1.807, 2.05) is 0 Å². The Morgan fingerprint density at radius 2 is 2.00 bits per heavy atom. The van der Waals surface area contributed by atoms with Crippen LogP contribution >= 0.6 is 0 Å². The van der Waals surface area contributed by atoms with Gasteiger partial charge in [-0.2, -0.15) is 0 Å². The standard InChI is InChI=1S/C16H26N2O/c1-5-13(2)15-7-6-14(12-17-15)16(3,4)18-8-10-19-11-9-18/h6-7,12-13H,5,8-11H2,1-4H3. The van der Waals surface area contributed by atoms with Gasteiger partial charge in [0.25, 0.3) is 0 Å². The van der Waals surface area contributed by atoms with Crippen molar-refractivity contribution in [2.45, 2.75) is 45.6 Å². The van der Waals surface area contributed by atoms with Crippen LogP contribution in [0.25, 0.3) is 0 Å². The van der Waals surface area contributed by atoms with Crippen molar-refractivity contribution in [2.24, 2.45) is 0 Å². The molecule has 3 heteroatoms. The molecule has 1 aromatic heterocycles. The van der Waals surface area contributed by atoms with Crippen LogP contribution in [0.3, 0.4) is 0 Å². The van der Waals surface area contributed by atoms with Crippen molar-refractivity contribution in [3.05, 3.63) is 29.6 Å². The van der Waals surface area contributed by atoms with Crippen LogP contribution in [0.4, 0.5) is 0 Å². The Morgan fingerprint density at radius 3 is 2.53 bits per heavy atom. The van der Waals surface area contributed by atoms with Crippen molar-refractivity contribution >= 4 is 0 Å². The first-order valence-electron chi connectivity index (χ1n) is 7.35. The second-order valence-corrected chi connectivity index (χ2v) is 5.94. The van der Waals surface area contributed by atoms with Gasteiger partial charge >= 0.3 is 0 Å². The highest BCUT2D eigenvalue weighted by Gasteiger charge is 2.30. The summed E-state index contributed by atoms with van der Waals surface area (Å²) in [5.74, 6) is 0.542. The number of ether oxygens (including phenoxy) is 1. The molecule has 1 aromatic rings. The van der Waals surface area contributed by atoms with Crippen LogP contribution in [0.2, 0.25) is 0 Å². The van der Waals surface area contributed by atoms with Crippen molar-refractivity contribution in [3.63, 3.8) is 0 Å². The number of hydrogen-bond acceptors (Lipinski definition) is 3. The maximum absolute atomic E-state index is 5.44. The van der Waals surface area contributed by atoms with Crippen LogP contribution in [0.1, 0.15) is 51.3 Å². The highest BCUT2D eigenvalue weighted by molar-refractivity contribution is 5.23. The van der Waals surface area contributed by atoms with E-state index in [0.717, 1.165) is 32.7 Å². The van der Waals surface area contributed by atoms with Gasteiger partial charge in [0, 0.05) is 30.5 Å². The lowest BCUT2D eigenvalue weighted by molar-refractivity contribution is -0.0119. The number of aromatic nitrogens is 1. The van der Waals surface area contributed by atoms with Crippen LogP contribution in [0.15, 0.2) is 18.3 Å². The zero-order valence-corrected chi connectivity index (χ0v) is 12.6. The van der Waals surface area contributed by atoms with Crippen molar-refractivity contribution in [1.82, 2.24) is 9.88 Å². The molecule has 1 aliphatic rings. The molecule has 1 fully saturated rings. The summed E-state index contributed by atoms with van der Waals surface area (Å²) in [6.45, 7) is 12.7. The van der Waals surface area contributed by atoms with E-state index in [1.54, 1.807) is 0 Å². The third-order valence-electron chi connectivity index (χ3n) is 4.41. The normalized spacial score (nSPS) is 19.4. The van der Waals surface area contributed by atoms with Gasteiger partial charge in [-0.05, 0) is 37.8 Å². The Bertz CT molecular complexity index is 394. The molecule has 0 amide bonds. The summed E-state index contributed by atoms with van der Waals surface area (Å²) in [6, 6.07) is 4.43. The molecule has 0 aromatic carbocycles. The van der Waals surface area contributed by atoms with E-state index < -0.39 is 0 Å². The Balaban J connectivity index is 2.15. The highest BCUT2D eigenvalue weighted by Crippen LogP contribution is 2.29. The van der Waals surface area contributed by atoms with Gasteiger partial charge in [-0.3, -0.25) is 9.88 Å². The molecule has 0 aliphatic carbocycles. The number of pyridine rings is 1. The predicted octanol–water partition coefficient (Wildman–Crippen LogP) is 3.16. The fraction of sp³-hybridized carbons (Fsp3) is 0.688. The van der Waals surface area contributed by atoms with Gasteiger partial charge in [-0.1, -0.05) is 19.9 Å². The van der Waals surface area contributed by atoms with E-state index >= 15 is 0 Å². The largest absolute Gasteiger partial charge is 0.379 e. The second kappa shape index (κ2) is 6.02. The van der Waals surface area contributed by atoms with E-state index in [-0.39, 0.29) is 5.54 Å². The molecule has 0 bridgehead atoms. The first-order valence-corrected chi connectivity index (χ1v) is 7.35. The Labute approximate surface area is 117 Å². The van der Waals surface area contributed by atoms with Gasteiger partial charge in [0.1, 0.15) is 0 Å². The molecular weight excluding hydrogens is 236 g/mol. The molecule has 0 radical (unpaired) electrons. The average molecular weight is 262 g/mol. The summed E-state index contributed by atoms with van der Waals surface area (Å²) in [5.41, 5.74) is 2.52. The Hall–Kier alpha value is -0.930. The smallest absolute Gasteiger partial charge is 0.0594 e. The van der Waals surface area contributed by atoms with Gasteiger partial charge in [0.05, 0.1) is 13.2 Å². The summed E-state index contributed by atoms with van der Waals surface area (Å²) in [5, 5.41) is 0. The number of hydrogen-bond donors (Lipinski definition) is 0. The van der Waals surface area contributed by atoms with Crippen LogP contribution in [0, 0.1) is 0 Å². The SMILES string of the molecule is CCC(C)c1ccc(C(C)(C)N2CCOCC2)cn1. The molecular formula is C16H26N2O.